The summed E-state index contributed by atoms with van der Waals surface area (Å²) in [6.07, 6.45) is 3.95. The lowest BCUT2D eigenvalue weighted by molar-refractivity contribution is 0.204. The topological polar surface area (TPSA) is 50.2 Å². The van der Waals surface area contributed by atoms with Gasteiger partial charge in [0, 0.05) is 18.5 Å². The van der Waals surface area contributed by atoms with Gasteiger partial charge in [-0.1, -0.05) is 24.3 Å². The molecule has 1 N–H and O–H groups in total. The van der Waals surface area contributed by atoms with Crippen LogP contribution in [0.15, 0.2) is 53.4 Å². The number of fused-ring (bicyclic) bond motifs is 1. The van der Waals surface area contributed by atoms with E-state index in [9.17, 15) is 4.79 Å². The SMILES string of the molecule is CSc1ccccc1NC(=O)N1CCC[C@H]1c1nc2ccccc2n1C. The van der Waals surface area contributed by atoms with Gasteiger partial charge < -0.3 is 14.8 Å². The predicted octanol–water partition coefficient (Wildman–Crippen LogP) is 4.66. The van der Waals surface area contributed by atoms with Gasteiger partial charge in [0.25, 0.3) is 0 Å². The van der Waals surface area contributed by atoms with Gasteiger partial charge in [0.2, 0.25) is 0 Å². The number of benzene rings is 2. The van der Waals surface area contributed by atoms with Crippen LogP contribution in [0, 0.1) is 0 Å². The number of thioether (sulfide) groups is 1. The van der Waals surface area contributed by atoms with Crippen LogP contribution in [0.25, 0.3) is 11.0 Å². The van der Waals surface area contributed by atoms with E-state index in [1.165, 1.54) is 0 Å². The maximum atomic E-state index is 13.0. The van der Waals surface area contributed by atoms with Gasteiger partial charge in [-0.2, -0.15) is 0 Å². The third kappa shape index (κ3) is 2.94. The highest BCUT2D eigenvalue weighted by atomic mass is 32.2. The van der Waals surface area contributed by atoms with Crippen LogP contribution in [-0.2, 0) is 7.05 Å². The van der Waals surface area contributed by atoms with Crippen molar-refractivity contribution < 1.29 is 4.79 Å². The average Bonchev–Trinajstić information content (AvgIpc) is 3.27. The molecule has 2 amide bonds. The lowest BCUT2D eigenvalue weighted by Gasteiger charge is -2.25. The van der Waals surface area contributed by atoms with Crippen molar-refractivity contribution >= 4 is 34.5 Å². The lowest BCUT2D eigenvalue weighted by Crippen LogP contribution is -2.35. The Morgan fingerprint density at radius 1 is 1.19 bits per heavy atom. The fraction of sp³-hybridized carbons (Fsp3) is 0.300. The second kappa shape index (κ2) is 7.03. The monoisotopic (exact) mass is 366 g/mol. The number of carbonyl (C=O) groups is 1. The van der Waals surface area contributed by atoms with E-state index in [0.717, 1.165) is 46.8 Å². The first kappa shape index (κ1) is 17.0. The number of nitrogens with zero attached hydrogens (tertiary/aromatic N) is 3. The standard InChI is InChI=1S/C20H22N4OS/c1-23-16-10-5-3-8-14(16)21-19(23)17-11-7-13-24(17)20(25)22-15-9-4-6-12-18(15)26-2/h3-6,8-10,12,17H,7,11,13H2,1-2H3,(H,22,25)/t17-/m0/s1. The van der Waals surface area contributed by atoms with Crippen molar-refractivity contribution in [2.24, 2.45) is 7.05 Å². The summed E-state index contributed by atoms with van der Waals surface area (Å²) in [5.74, 6) is 0.956. The molecule has 0 radical (unpaired) electrons. The lowest BCUT2D eigenvalue weighted by atomic mass is 10.2. The molecule has 0 saturated carbocycles. The number of imidazole rings is 1. The number of carbonyl (C=O) groups excluding carboxylic acids is 1. The van der Waals surface area contributed by atoms with E-state index in [1.807, 2.05) is 60.7 Å². The molecule has 1 saturated heterocycles. The third-order valence-electron chi connectivity index (χ3n) is 4.98. The molecule has 0 spiro atoms. The predicted molar refractivity (Wildman–Crippen MR) is 107 cm³/mol. The molecule has 0 unspecified atom stereocenters. The number of hydrogen-bond acceptors (Lipinski definition) is 3. The van der Waals surface area contributed by atoms with Crippen molar-refractivity contribution in [3.05, 3.63) is 54.4 Å². The number of amides is 2. The van der Waals surface area contributed by atoms with Crippen LogP contribution in [0.4, 0.5) is 10.5 Å². The average molecular weight is 366 g/mol. The molecular weight excluding hydrogens is 344 g/mol. The molecule has 6 heteroatoms. The second-order valence-electron chi connectivity index (χ2n) is 6.50. The van der Waals surface area contributed by atoms with Crippen molar-refractivity contribution in [2.45, 2.75) is 23.8 Å². The number of likely N-dealkylation sites (tertiary alicyclic amines) is 1. The Bertz CT molecular complexity index is 952. The Morgan fingerprint density at radius 2 is 1.96 bits per heavy atom. The molecule has 2 aromatic carbocycles. The van der Waals surface area contributed by atoms with Crippen molar-refractivity contribution in [3.63, 3.8) is 0 Å². The summed E-state index contributed by atoms with van der Waals surface area (Å²) in [5, 5.41) is 3.09. The van der Waals surface area contributed by atoms with E-state index in [4.69, 9.17) is 4.98 Å². The first-order chi connectivity index (χ1) is 12.7. The smallest absolute Gasteiger partial charge is 0.322 e. The Morgan fingerprint density at radius 3 is 2.77 bits per heavy atom. The Balaban J connectivity index is 1.61. The van der Waals surface area contributed by atoms with Crippen LogP contribution in [0.1, 0.15) is 24.7 Å². The van der Waals surface area contributed by atoms with Crippen LogP contribution in [0.5, 0.6) is 0 Å². The third-order valence-corrected chi connectivity index (χ3v) is 5.78. The molecule has 1 aromatic heterocycles. The Kier molecular flexibility index (Phi) is 4.59. The molecule has 3 aromatic rings. The van der Waals surface area contributed by atoms with E-state index in [0.29, 0.717) is 0 Å². The van der Waals surface area contributed by atoms with Crippen LogP contribution in [0.2, 0.25) is 0 Å². The molecule has 1 aliphatic heterocycles. The highest BCUT2D eigenvalue weighted by Gasteiger charge is 2.33. The first-order valence-electron chi connectivity index (χ1n) is 8.81. The largest absolute Gasteiger partial charge is 0.329 e. The molecular formula is C20H22N4OS. The maximum absolute atomic E-state index is 13.0. The number of nitrogens with one attached hydrogen (secondary N) is 1. The van der Waals surface area contributed by atoms with Crippen LogP contribution < -0.4 is 5.32 Å². The summed E-state index contributed by atoms with van der Waals surface area (Å²) >= 11 is 1.63. The van der Waals surface area contributed by atoms with E-state index in [-0.39, 0.29) is 12.1 Å². The number of aryl methyl sites for hydroxylation is 1. The fourth-order valence-electron chi connectivity index (χ4n) is 3.68. The van der Waals surface area contributed by atoms with Crippen molar-refractivity contribution in [3.8, 4) is 0 Å². The van der Waals surface area contributed by atoms with Gasteiger partial charge in [0.1, 0.15) is 5.82 Å². The van der Waals surface area contributed by atoms with Crippen molar-refractivity contribution in [1.29, 1.82) is 0 Å². The molecule has 5 nitrogen and oxygen atoms in total. The number of urea groups is 1. The van der Waals surface area contributed by atoms with E-state index in [2.05, 4.69) is 16.0 Å². The van der Waals surface area contributed by atoms with E-state index >= 15 is 0 Å². The highest BCUT2D eigenvalue weighted by molar-refractivity contribution is 7.98. The maximum Gasteiger partial charge on any atom is 0.322 e. The summed E-state index contributed by atoms with van der Waals surface area (Å²) in [5.41, 5.74) is 2.94. The zero-order chi connectivity index (χ0) is 18.1. The highest BCUT2D eigenvalue weighted by Crippen LogP contribution is 2.34. The molecule has 2 heterocycles. The molecule has 26 heavy (non-hydrogen) atoms. The van der Waals surface area contributed by atoms with Crippen LogP contribution in [-0.4, -0.2) is 33.3 Å². The summed E-state index contributed by atoms with van der Waals surface area (Å²) in [6.45, 7) is 0.751. The zero-order valence-electron chi connectivity index (χ0n) is 15.0. The summed E-state index contributed by atoms with van der Waals surface area (Å²) in [4.78, 5) is 20.8. The number of aromatic nitrogens is 2. The van der Waals surface area contributed by atoms with Gasteiger partial charge in [-0.3, -0.25) is 0 Å². The first-order valence-corrected chi connectivity index (χ1v) is 10.0. The fourth-order valence-corrected chi connectivity index (χ4v) is 4.23. The summed E-state index contributed by atoms with van der Waals surface area (Å²) in [7, 11) is 2.03. The molecule has 134 valence electrons. The molecule has 4 rings (SSSR count). The number of anilines is 1. The molecule has 1 atom stereocenters. The minimum atomic E-state index is -0.0546. The number of hydrogen-bond donors (Lipinski definition) is 1. The van der Waals surface area contributed by atoms with Gasteiger partial charge >= 0.3 is 6.03 Å². The van der Waals surface area contributed by atoms with Crippen LogP contribution >= 0.6 is 11.8 Å². The van der Waals surface area contributed by atoms with Crippen LogP contribution in [0.3, 0.4) is 0 Å². The van der Waals surface area contributed by atoms with Gasteiger partial charge in [-0.25, -0.2) is 9.78 Å². The minimum absolute atomic E-state index is 0.00819. The molecule has 0 aliphatic carbocycles. The summed E-state index contributed by atoms with van der Waals surface area (Å²) < 4.78 is 2.11. The molecule has 1 fully saturated rings. The minimum Gasteiger partial charge on any atom is -0.329 e. The Labute approximate surface area is 157 Å². The second-order valence-corrected chi connectivity index (χ2v) is 7.35. The zero-order valence-corrected chi connectivity index (χ0v) is 15.8. The quantitative estimate of drug-likeness (QED) is 0.686. The van der Waals surface area contributed by atoms with Gasteiger partial charge in [-0.15, -0.1) is 11.8 Å². The van der Waals surface area contributed by atoms with Crippen molar-refractivity contribution in [1.82, 2.24) is 14.5 Å². The van der Waals surface area contributed by atoms with E-state index in [1.54, 1.807) is 11.8 Å². The van der Waals surface area contributed by atoms with Gasteiger partial charge in [-0.05, 0) is 43.4 Å². The Hall–Kier alpha value is -2.47. The van der Waals surface area contributed by atoms with Crippen molar-refractivity contribution in [2.75, 3.05) is 18.1 Å². The number of rotatable bonds is 3. The number of para-hydroxylation sites is 3. The van der Waals surface area contributed by atoms with Gasteiger partial charge in [0.05, 0.1) is 22.8 Å². The van der Waals surface area contributed by atoms with E-state index < -0.39 is 0 Å². The molecule has 1 aliphatic rings. The summed E-state index contributed by atoms with van der Waals surface area (Å²) in [6, 6.07) is 16.0. The van der Waals surface area contributed by atoms with Gasteiger partial charge in [0.15, 0.2) is 0 Å². The normalized spacial score (nSPS) is 17.0. The molecule has 0 bridgehead atoms.